The van der Waals surface area contributed by atoms with E-state index in [-0.39, 0.29) is 0 Å². The van der Waals surface area contributed by atoms with Gasteiger partial charge in [-0.1, -0.05) is 32.4 Å². The van der Waals surface area contributed by atoms with Crippen molar-refractivity contribution in [3.05, 3.63) is 35.7 Å². The van der Waals surface area contributed by atoms with E-state index < -0.39 is 0 Å². The average molecular weight is 204 g/mol. The molecule has 0 bridgehead atoms. The van der Waals surface area contributed by atoms with Gasteiger partial charge in [0.25, 0.3) is 0 Å². The molecule has 1 rings (SSSR count). The molecule has 1 N–H and O–H groups in total. The lowest BCUT2D eigenvalue weighted by molar-refractivity contribution is 0.617. The summed E-state index contributed by atoms with van der Waals surface area (Å²) in [7, 11) is 0. The van der Waals surface area contributed by atoms with Crippen molar-refractivity contribution in [2.45, 2.75) is 33.2 Å². The van der Waals surface area contributed by atoms with Crippen LogP contribution in [0.25, 0.3) is 6.08 Å². The van der Waals surface area contributed by atoms with E-state index in [4.69, 9.17) is 0 Å². The molecule has 1 aromatic heterocycles. The van der Waals surface area contributed by atoms with Crippen LogP contribution in [0.1, 0.15) is 32.9 Å². The lowest BCUT2D eigenvalue weighted by Crippen LogP contribution is -2.24. The van der Waals surface area contributed by atoms with E-state index in [1.54, 1.807) is 0 Å². The third-order valence-corrected chi connectivity index (χ3v) is 2.23. The highest BCUT2D eigenvalue weighted by atomic mass is 14.9. The van der Waals surface area contributed by atoms with Gasteiger partial charge in [0.1, 0.15) is 0 Å². The third-order valence-electron chi connectivity index (χ3n) is 2.23. The maximum Gasteiger partial charge on any atom is 0.0629 e. The molecule has 0 amide bonds. The number of pyridine rings is 1. The highest BCUT2D eigenvalue weighted by Gasteiger charge is 1.97. The second kappa shape index (κ2) is 6.36. The number of rotatable bonds is 5. The van der Waals surface area contributed by atoms with Crippen molar-refractivity contribution in [2.24, 2.45) is 0 Å². The highest BCUT2D eigenvalue weighted by Crippen LogP contribution is 2.06. The van der Waals surface area contributed by atoms with Crippen molar-refractivity contribution < 1.29 is 0 Å². The van der Waals surface area contributed by atoms with Crippen molar-refractivity contribution in [1.82, 2.24) is 10.3 Å². The van der Waals surface area contributed by atoms with Crippen molar-refractivity contribution in [2.75, 3.05) is 6.54 Å². The number of nitrogens with zero attached hydrogens (tertiary/aromatic N) is 1. The van der Waals surface area contributed by atoms with Gasteiger partial charge >= 0.3 is 0 Å². The summed E-state index contributed by atoms with van der Waals surface area (Å²) in [4.78, 5) is 4.29. The lowest BCUT2D eigenvalue weighted by atomic mass is 10.1. The minimum atomic E-state index is 0.531. The Morgan fingerprint density at radius 1 is 1.47 bits per heavy atom. The molecule has 0 fully saturated rings. The lowest BCUT2D eigenvalue weighted by Gasteiger charge is -2.09. The van der Waals surface area contributed by atoms with E-state index in [2.05, 4.69) is 37.1 Å². The quantitative estimate of drug-likeness (QED) is 0.797. The standard InChI is InChI=1S/C13H20N2/c1-4-12(10-15-11(2)3)9-13-7-5-6-8-14-13/h5-9,11,15H,4,10H2,1-3H3. The van der Waals surface area contributed by atoms with Crippen LogP contribution in [0, 0.1) is 0 Å². The Kier molecular flexibility index (Phi) is 5.05. The predicted molar refractivity (Wildman–Crippen MR) is 65.6 cm³/mol. The van der Waals surface area contributed by atoms with Crippen molar-refractivity contribution >= 4 is 6.08 Å². The van der Waals surface area contributed by atoms with Crippen LogP contribution in [0.5, 0.6) is 0 Å². The first-order valence-electron chi connectivity index (χ1n) is 5.56. The summed E-state index contributed by atoms with van der Waals surface area (Å²) in [5.74, 6) is 0. The van der Waals surface area contributed by atoms with Crippen molar-refractivity contribution in [3.8, 4) is 0 Å². The molecular formula is C13H20N2. The van der Waals surface area contributed by atoms with Crippen LogP contribution in [-0.4, -0.2) is 17.6 Å². The van der Waals surface area contributed by atoms with Gasteiger partial charge in [-0.05, 0) is 24.6 Å². The maximum absolute atomic E-state index is 4.29. The summed E-state index contributed by atoms with van der Waals surface area (Å²) >= 11 is 0. The van der Waals surface area contributed by atoms with Gasteiger partial charge in [-0.15, -0.1) is 0 Å². The fourth-order valence-corrected chi connectivity index (χ4v) is 1.28. The van der Waals surface area contributed by atoms with Gasteiger partial charge in [-0.25, -0.2) is 0 Å². The van der Waals surface area contributed by atoms with Gasteiger partial charge in [0.05, 0.1) is 5.69 Å². The number of hydrogen-bond acceptors (Lipinski definition) is 2. The second-order valence-electron chi connectivity index (χ2n) is 3.95. The van der Waals surface area contributed by atoms with Gasteiger partial charge in [-0.2, -0.15) is 0 Å². The molecule has 1 aromatic rings. The molecule has 0 aromatic carbocycles. The zero-order chi connectivity index (χ0) is 11.1. The molecule has 0 atom stereocenters. The van der Waals surface area contributed by atoms with E-state index in [1.165, 1.54) is 5.57 Å². The second-order valence-corrected chi connectivity index (χ2v) is 3.95. The molecule has 0 unspecified atom stereocenters. The molecule has 0 aliphatic carbocycles. The average Bonchev–Trinajstić information content (AvgIpc) is 2.25. The Balaban J connectivity index is 2.62. The van der Waals surface area contributed by atoms with E-state index >= 15 is 0 Å². The summed E-state index contributed by atoms with van der Waals surface area (Å²) < 4.78 is 0. The van der Waals surface area contributed by atoms with Crippen LogP contribution in [0.15, 0.2) is 30.0 Å². The van der Waals surface area contributed by atoms with Gasteiger partial charge in [-0.3, -0.25) is 4.98 Å². The zero-order valence-electron chi connectivity index (χ0n) is 9.83. The first-order valence-corrected chi connectivity index (χ1v) is 5.56. The SMILES string of the molecule is CCC(=Cc1ccccn1)CNC(C)C. The monoisotopic (exact) mass is 204 g/mol. The molecule has 0 aliphatic heterocycles. The van der Waals surface area contributed by atoms with Crippen LogP contribution in [-0.2, 0) is 0 Å². The maximum atomic E-state index is 4.29. The van der Waals surface area contributed by atoms with Crippen LogP contribution < -0.4 is 5.32 Å². The molecule has 82 valence electrons. The van der Waals surface area contributed by atoms with E-state index in [1.807, 2.05) is 24.4 Å². The highest BCUT2D eigenvalue weighted by molar-refractivity contribution is 5.48. The van der Waals surface area contributed by atoms with Crippen molar-refractivity contribution in [3.63, 3.8) is 0 Å². The topological polar surface area (TPSA) is 24.9 Å². The first-order chi connectivity index (χ1) is 7.22. The first kappa shape index (κ1) is 11.9. The molecule has 0 aliphatic rings. The summed E-state index contributed by atoms with van der Waals surface area (Å²) in [6.45, 7) is 7.45. The Morgan fingerprint density at radius 3 is 2.80 bits per heavy atom. The fraction of sp³-hybridized carbons (Fsp3) is 0.462. The van der Waals surface area contributed by atoms with Crippen LogP contribution in [0.4, 0.5) is 0 Å². The molecule has 0 spiro atoms. The number of aromatic nitrogens is 1. The minimum Gasteiger partial charge on any atom is -0.311 e. The molecule has 2 heteroatoms. The normalized spacial score (nSPS) is 12.1. The van der Waals surface area contributed by atoms with Crippen molar-refractivity contribution in [1.29, 1.82) is 0 Å². The molecule has 1 heterocycles. The molecule has 2 nitrogen and oxygen atoms in total. The van der Waals surface area contributed by atoms with Gasteiger partial charge < -0.3 is 5.32 Å². The molecule has 15 heavy (non-hydrogen) atoms. The van der Waals surface area contributed by atoms with Crippen LogP contribution in [0.3, 0.4) is 0 Å². The van der Waals surface area contributed by atoms with Gasteiger partial charge in [0.2, 0.25) is 0 Å². The van der Waals surface area contributed by atoms with E-state index in [0.717, 1.165) is 18.7 Å². The Bertz CT molecular complexity index is 302. The molecule has 0 saturated heterocycles. The Morgan fingerprint density at radius 2 is 2.27 bits per heavy atom. The van der Waals surface area contributed by atoms with Crippen LogP contribution >= 0.6 is 0 Å². The predicted octanol–water partition coefficient (Wildman–Crippen LogP) is 2.87. The van der Waals surface area contributed by atoms with Crippen LogP contribution in [0.2, 0.25) is 0 Å². The third kappa shape index (κ3) is 4.75. The zero-order valence-corrected chi connectivity index (χ0v) is 9.83. The Labute approximate surface area is 92.4 Å². The molecular weight excluding hydrogens is 184 g/mol. The molecule has 0 radical (unpaired) electrons. The summed E-state index contributed by atoms with van der Waals surface area (Å²) in [6, 6.07) is 6.52. The smallest absolute Gasteiger partial charge is 0.0629 e. The number of nitrogens with one attached hydrogen (secondary N) is 1. The van der Waals surface area contributed by atoms with E-state index in [9.17, 15) is 0 Å². The minimum absolute atomic E-state index is 0.531. The van der Waals surface area contributed by atoms with E-state index in [0.29, 0.717) is 6.04 Å². The fourth-order valence-electron chi connectivity index (χ4n) is 1.28. The van der Waals surface area contributed by atoms with Gasteiger partial charge in [0, 0.05) is 18.8 Å². The summed E-state index contributed by atoms with van der Waals surface area (Å²) in [6.07, 6.45) is 5.06. The summed E-state index contributed by atoms with van der Waals surface area (Å²) in [5, 5.41) is 3.42. The summed E-state index contributed by atoms with van der Waals surface area (Å²) in [5.41, 5.74) is 2.43. The number of hydrogen-bond donors (Lipinski definition) is 1. The largest absolute Gasteiger partial charge is 0.311 e. The van der Waals surface area contributed by atoms with Gasteiger partial charge in [0.15, 0.2) is 0 Å². The molecule has 0 saturated carbocycles. The Hall–Kier alpha value is -1.15.